The van der Waals surface area contributed by atoms with Crippen molar-refractivity contribution in [3.8, 4) is 0 Å². The molecule has 38 heavy (non-hydrogen) atoms. The Bertz CT molecular complexity index is 744. The summed E-state index contributed by atoms with van der Waals surface area (Å²) in [6.45, 7) is 13.2. The molecule has 2 heterocycles. The van der Waals surface area contributed by atoms with Crippen molar-refractivity contribution in [2.45, 2.75) is 26.4 Å². The first kappa shape index (κ1) is 32.0. The maximum atomic E-state index is 12.2. The van der Waals surface area contributed by atoms with E-state index >= 15 is 0 Å². The minimum Gasteiger partial charge on any atom is -0.444 e. The minimum absolute atomic E-state index is 0.0140. The summed E-state index contributed by atoms with van der Waals surface area (Å²) in [5, 5.41) is 3.36. The van der Waals surface area contributed by atoms with Crippen LogP contribution in [-0.4, -0.2) is 139 Å². The highest BCUT2D eigenvalue weighted by atomic mass is 16.6. The van der Waals surface area contributed by atoms with E-state index in [9.17, 15) is 9.59 Å². The molecule has 0 aliphatic carbocycles. The Hall–Kier alpha value is -2.19. The average Bonchev–Trinajstić information content (AvgIpc) is 2.80. The van der Waals surface area contributed by atoms with Gasteiger partial charge in [0.25, 0.3) is 0 Å². The number of azide groups is 1. The summed E-state index contributed by atoms with van der Waals surface area (Å²) in [6.07, 6.45) is -0.295. The molecule has 0 N–H and O–H groups in total. The van der Waals surface area contributed by atoms with Gasteiger partial charge in [0.1, 0.15) is 12.2 Å². The van der Waals surface area contributed by atoms with E-state index in [2.05, 4.69) is 10.0 Å². The SMILES string of the molecule is CC(C)(C)OC(=O)N1CC2(CN(C(=O)COCCOCCOCCOCCOCCOCCN=[N+]=[N-])C2)C1. The molecule has 0 atom stereocenters. The Morgan fingerprint density at radius 1 is 0.737 bits per heavy atom. The standard InChI is InChI=1S/C24H43N5O9/c1-23(2,3)38-22(31)29-19-24(20-29)17-28(18-24)21(30)16-37-15-14-36-13-12-35-11-10-34-9-8-33-7-6-32-5-4-26-27-25/h4-20H2,1-3H3. The van der Waals surface area contributed by atoms with Gasteiger partial charge >= 0.3 is 6.09 Å². The second-order valence-corrected chi connectivity index (χ2v) is 10.2. The summed E-state index contributed by atoms with van der Waals surface area (Å²) in [7, 11) is 0. The highest BCUT2D eigenvalue weighted by molar-refractivity contribution is 5.79. The summed E-state index contributed by atoms with van der Waals surface area (Å²) >= 11 is 0. The van der Waals surface area contributed by atoms with Gasteiger partial charge in [0.2, 0.25) is 5.91 Å². The van der Waals surface area contributed by atoms with Crippen molar-refractivity contribution < 1.29 is 42.7 Å². The second kappa shape index (κ2) is 17.4. The van der Waals surface area contributed by atoms with E-state index in [0.29, 0.717) is 105 Å². The number of hydrogen-bond acceptors (Lipinski definition) is 10. The molecule has 0 saturated carbocycles. The van der Waals surface area contributed by atoms with Gasteiger partial charge in [-0.25, -0.2) is 4.79 Å². The Labute approximate surface area is 224 Å². The predicted octanol–water partition coefficient (Wildman–Crippen LogP) is 1.48. The van der Waals surface area contributed by atoms with Crippen LogP contribution >= 0.6 is 0 Å². The Morgan fingerprint density at radius 3 is 1.61 bits per heavy atom. The molecule has 2 amide bonds. The number of ether oxygens (including phenoxy) is 7. The lowest BCUT2D eigenvalue weighted by atomic mass is 9.73. The molecule has 2 aliphatic heterocycles. The topological polar surface area (TPSA) is 154 Å². The lowest BCUT2D eigenvalue weighted by Crippen LogP contribution is -2.74. The molecule has 14 nitrogen and oxygen atoms in total. The van der Waals surface area contributed by atoms with Crippen molar-refractivity contribution in [3.63, 3.8) is 0 Å². The van der Waals surface area contributed by atoms with Crippen LogP contribution in [0.15, 0.2) is 5.11 Å². The maximum absolute atomic E-state index is 12.2. The third-order valence-corrected chi connectivity index (χ3v) is 5.59. The van der Waals surface area contributed by atoms with Crippen molar-refractivity contribution in [2.24, 2.45) is 10.5 Å². The quantitative estimate of drug-likeness (QED) is 0.0957. The largest absolute Gasteiger partial charge is 0.444 e. The van der Waals surface area contributed by atoms with Crippen LogP contribution in [0.2, 0.25) is 0 Å². The first-order valence-electron chi connectivity index (χ1n) is 13.0. The fraction of sp³-hybridized carbons (Fsp3) is 0.917. The summed E-state index contributed by atoms with van der Waals surface area (Å²) in [5.41, 5.74) is 7.63. The lowest BCUT2D eigenvalue weighted by Gasteiger charge is -2.59. The summed E-state index contributed by atoms with van der Waals surface area (Å²) in [4.78, 5) is 30.4. The van der Waals surface area contributed by atoms with Gasteiger partial charge in [-0.1, -0.05) is 5.11 Å². The monoisotopic (exact) mass is 545 g/mol. The smallest absolute Gasteiger partial charge is 0.410 e. The molecule has 14 heteroatoms. The average molecular weight is 546 g/mol. The van der Waals surface area contributed by atoms with Crippen LogP contribution in [0.4, 0.5) is 4.79 Å². The van der Waals surface area contributed by atoms with E-state index in [-0.39, 0.29) is 24.0 Å². The number of carbonyl (C=O) groups excluding carboxylic acids is 2. The van der Waals surface area contributed by atoms with Crippen LogP contribution in [0, 0.1) is 5.41 Å². The molecule has 0 unspecified atom stereocenters. The Balaban J connectivity index is 1.29. The normalized spacial score (nSPS) is 16.1. The molecular weight excluding hydrogens is 502 g/mol. The Morgan fingerprint density at radius 2 is 1.16 bits per heavy atom. The van der Waals surface area contributed by atoms with E-state index in [4.69, 9.17) is 38.7 Å². The maximum Gasteiger partial charge on any atom is 0.410 e. The zero-order chi connectivity index (χ0) is 27.7. The van der Waals surface area contributed by atoms with Gasteiger partial charge in [-0.05, 0) is 26.3 Å². The van der Waals surface area contributed by atoms with Crippen molar-refractivity contribution >= 4 is 12.0 Å². The highest BCUT2D eigenvalue weighted by Gasteiger charge is 2.55. The van der Waals surface area contributed by atoms with Gasteiger partial charge < -0.3 is 43.0 Å². The Kier molecular flexibility index (Phi) is 14.7. The van der Waals surface area contributed by atoms with E-state index in [0.717, 1.165) is 0 Å². The van der Waals surface area contributed by atoms with E-state index in [1.807, 2.05) is 20.8 Å². The minimum atomic E-state index is -0.504. The fourth-order valence-electron chi connectivity index (χ4n) is 3.86. The molecule has 0 aromatic carbocycles. The first-order chi connectivity index (χ1) is 18.2. The lowest BCUT2D eigenvalue weighted by molar-refractivity contribution is -0.161. The van der Waals surface area contributed by atoms with E-state index in [1.165, 1.54) is 0 Å². The van der Waals surface area contributed by atoms with Crippen molar-refractivity contribution in [3.05, 3.63) is 10.4 Å². The molecule has 2 aliphatic rings. The van der Waals surface area contributed by atoms with Gasteiger partial charge in [-0.3, -0.25) is 4.79 Å². The van der Waals surface area contributed by atoms with Crippen LogP contribution in [0.5, 0.6) is 0 Å². The third-order valence-electron chi connectivity index (χ3n) is 5.59. The van der Waals surface area contributed by atoms with Crippen LogP contribution in [0.3, 0.4) is 0 Å². The number of carbonyl (C=O) groups is 2. The molecule has 0 bridgehead atoms. The summed E-state index contributed by atoms with van der Waals surface area (Å²) in [5.74, 6) is -0.0457. The second-order valence-electron chi connectivity index (χ2n) is 10.2. The van der Waals surface area contributed by atoms with Crippen molar-refractivity contribution in [1.82, 2.24) is 9.80 Å². The van der Waals surface area contributed by atoms with E-state index in [1.54, 1.807) is 9.80 Å². The first-order valence-corrected chi connectivity index (χ1v) is 13.0. The number of hydrogen-bond donors (Lipinski definition) is 0. The van der Waals surface area contributed by atoms with Crippen molar-refractivity contribution in [1.29, 1.82) is 0 Å². The summed E-state index contributed by atoms with van der Waals surface area (Å²) < 4.78 is 37.6. The third kappa shape index (κ3) is 13.1. The van der Waals surface area contributed by atoms with Crippen LogP contribution in [-0.2, 0) is 38.0 Å². The number of nitrogens with zero attached hydrogens (tertiary/aromatic N) is 5. The zero-order valence-electron chi connectivity index (χ0n) is 22.9. The van der Waals surface area contributed by atoms with Gasteiger partial charge in [0.15, 0.2) is 0 Å². The van der Waals surface area contributed by atoms with Crippen LogP contribution in [0.1, 0.15) is 20.8 Å². The number of amides is 2. The van der Waals surface area contributed by atoms with Crippen LogP contribution < -0.4 is 0 Å². The van der Waals surface area contributed by atoms with Gasteiger partial charge in [-0.15, -0.1) is 0 Å². The molecule has 0 aromatic rings. The predicted molar refractivity (Wildman–Crippen MR) is 136 cm³/mol. The molecule has 0 radical (unpaired) electrons. The van der Waals surface area contributed by atoms with Crippen molar-refractivity contribution in [2.75, 3.05) is 112 Å². The highest BCUT2D eigenvalue weighted by Crippen LogP contribution is 2.40. The number of likely N-dealkylation sites (tertiary alicyclic amines) is 2. The molecule has 218 valence electrons. The van der Waals surface area contributed by atoms with E-state index < -0.39 is 5.60 Å². The molecule has 2 rings (SSSR count). The van der Waals surface area contributed by atoms with Crippen LogP contribution in [0.25, 0.3) is 10.4 Å². The summed E-state index contributed by atoms with van der Waals surface area (Å²) in [6, 6.07) is 0. The zero-order valence-corrected chi connectivity index (χ0v) is 22.9. The van der Waals surface area contributed by atoms with Gasteiger partial charge in [0.05, 0.1) is 72.7 Å². The molecule has 1 spiro atoms. The number of rotatable bonds is 20. The molecule has 0 aromatic heterocycles. The van der Waals surface area contributed by atoms with Gasteiger partial charge in [0, 0.05) is 43.1 Å². The molecular formula is C24H43N5O9. The molecule has 2 fully saturated rings. The fourth-order valence-corrected chi connectivity index (χ4v) is 3.86. The molecule has 2 saturated heterocycles. The van der Waals surface area contributed by atoms with Gasteiger partial charge in [-0.2, -0.15) is 0 Å².